The molecule has 0 fully saturated rings. The van der Waals surface area contributed by atoms with Gasteiger partial charge < -0.3 is 17.0 Å². The molecule has 2 rings (SSSR count). The molecule has 0 N–H and O–H groups in total. The van der Waals surface area contributed by atoms with Crippen molar-refractivity contribution >= 4 is 0 Å². The van der Waals surface area contributed by atoms with Crippen molar-refractivity contribution in [3.8, 4) is 0 Å². The van der Waals surface area contributed by atoms with Crippen LogP contribution in [0.2, 0.25) is 5.23 Å². The van der Waals surface area contributed by atoms with E-state index in [-0.39, 0.29) is 17.0 Å². The molecule has 0 saturated carbocycles. The molecule has 0 aromatic rings. The van der Waals surface area contributed by atoms with Crippen molar-refractivity contribution < 1.29 is 34.9 Å². The molecule has 80 valence electrons. The van der Waals surface area contributed by atoms with E-state index in [9.17, 15) is 0 Å². The molecular formula is C13H17BrTi. The second-order valence-corrected chi connectivity index (χ2v) is 8.00. The summed E-state index contributed by atoms with van der Waals surface area (Å²) >= 11 is -1.07. The number of halogens is 1. The van der Waals surface area contributed by atoms with Crippen molar-refractivity contribution in [2.45, 2.75) is 31.9 Å². The van der Waals surface area contributed by atoms with Gasteiger partial charge in [0, 0.05) is 0 Å². The van der Waals surface area contributed by atoms with Crippen LogP contribution in [0.1, 0.15) is 26.7 Å². The molecular weight excluding hydrogens is 284 g/mol. The Balaban J connectivity index is 0.00000112. The van der Waals surface area contributed by atoms with Gasteiger partial charge in [0.2, 0.25) is 0 Å². The maximum atomic E-state index is 2.51. The average Bonchev–Trinajstić information content (AvgIpc) is 2.73. The molecule has 0 atom stereocenters. The van der Waals surface area contributed by atoms with Gasteiger partial charge in [-0.1, -0.05) is 0 Å². The Morgan fingerprint density at radius 3 is 1.60 bits per heavy atom. The molecule has 2 aliphatic carbocycles. The van der Waals surface area contributed by atoms with Crippen LogP contribution in [0.4, 0.5) is 0 Å². The Morgan fingerprint density at radius 2 is 1.33 bits per heavy atom. The molecule has 0 saturated heterocycles. The largest absolute Gasteiger partial charge is 1.00 e. The molecule has 0 heterocycles. The molecule has 0 aromatic heterocycles. The van der Waals surface area contributed by atoms with Crippen molar-refractivity contribution in [3.05, 3.63) is 43.2 Å². The van der Waals surface area contributed by atoms with Crippen LogP contribution < -0.4 is 17.0 Å². The van der Waals surface area contributed by atoms with E-state index in [2.05, 4.69) is 43.4 Å². The number of allylic oxidation sites excluding steroid dienone is 8. The summed E-state index contributed by atoms with van der Waals surface area (Å²) in [6.45, 7) is 4.54. The maximum absolute atomic E-state index is 2.51. The van der Waals surface area contributed by atoms with E-state index >= 15 is 0 Å². The molecule has 2 aliphatic rings. The Kier molecular flexibility index (Phi) is 4.82. The number of hydrogen-bond donors (Lipinski definition) is 0. The zero-order chi connectivity index (χ0) is 10.1. The number of rotatable bonds is 2. The first kappa shape index (κ1) is 13.2. The fraction of sp³-hybridized carbons (Fsp3) is 0.385. The van der Waals surface area contributed by atoms with E-state index in [1.807, 2.05) is 0 Å². The smallest absolute Gasteiger partial charge is 1.00 e. The van der Waals surface area contributed by atoms with Crippen LogP contribution in [0.15, 0.2) is 43.2 Å². The SMILES string of the molecule is CC1=[C]([Ti+]([CH3])[C]2=C(C)C=CC2)CC=C1.[Br-]. The van der Waals surface area contributed by atoms with Crippen molar-refractivity contribution in [1.82, 2.24) is 0 Å². The van der Waals surface area contributed by atoms with Crippen molar-refractivity contribution in [2.24, 2.45) is 0 Å². The summed E-state index contributed by atoms with van der Waals surface area (Å²) < 4.78 is 3.56. The van der Waals surface area contributed by atoms with Crippen LogP contribution >= 0.6 is 0 Å². The van der Waals surface area contributed by atoms with Gasteiger partial charge >= 0.3 is 93.0 Å². The quantitative estimate of drug-likeness (QED) is 0.671. The first-order valence-corrected chi connectivity index (χ1v) is 8.39. The summed E-state index contributed by atoms with van der Waals surface area (Å²) in [7, 11) is 0. The third kappa shape index (κ3) is 2.64. The summed E-state index contributed by atoms with van der Waals surface area (Å²) in [5.74, 6) is 0. The molecule has 0 amide bonds. The summed E-state index contributed by atoms with van der Waals surface area (Å²) in [6, 6.07) is 0. The molecule has 0 radical (unpaired) electrons. The van der Waals surface area contributed by atoms with Crippen LogP contribution in [0.5, 0.6) is 0 Å². The number of hydrogen-bond acceptors (Lipinski definition) is 0. The van der Waals surface area contributed by atoms with Crippen molar-refractivity contribution in [1.29, 1.82) is 0 Å². The predicted molar refractivity (Wildman–Crippen MR) is 58.8 cm³/mol. The Hall–Kier alpha value is 0.154. The van der Waals surface area contributed by atoms with Crippen LogP contribution in [-0.2, 0) is 17.9 Å². The Labute approximate surface area is 109 Å². The summed E-state index contributed by atoms with van der Waals surface area (Å²) in [5, 5.41) is 2.51. The summed E-state index contributed by atoms with van der Waals surface area (Å²) in [4.78, 5) is 0. The average molecular weight is 301 g/mol. The maximum Gasteiger partial charge on any atom is -1.00 e. The molecule has 0 nitrogen and oxygen atoms in total. The molecule has 0 unspecified atom stereocenters. The van der Waals surface area contributed by atoms with Crippen LogP contribution in [0.3, 0.4) is 0 Å². The molecule has 0 bridgehead atoms. The van der Waals surface area contributed by atoms with Gasteiger partial charge in [-0.05, 0) is 0 Å². The minimum Gasteiger partial charge on any atom is -1.00 e. The van der Waals surface area contributed by atoms with Gasteiger partial charge in [0.25, 0.3) is 0 Å². The van der Waals surface area contributed by atoms with E-state index in [1.165, 1.54) is 12.8 Å². The van der Waals surface area contributed by atoms with Gasteiger partial charge in [0.1, 0.15) is 0 Å². The van der Waals surface area contributed by atoms with Crippen LogP contribution in [0, 0.1) is 0 Å². The second kappa shape index (κ2) is 5.47. The van der Waals surface area contributed by atoms with Gasteiger partial charge in [-0.15, -0.1) is 0 Å². The normalized spacial score (nSPS) is 18.9. The van der Waals surface area contributed by atoms with E-state index < -0.39 is 17.9 Å². The minimum atomic E-state index is -1.07. The Morgan fingerprint density at radius 1 is 0.933 bits per heavy atom. The third-order valence-electron chi connectivity index (χ3n) is 3.24. The predicted octanol–water partition coefficient (Wildman–Crippen LogP) is 1.12. The van der Waals surface area contributed by atoms with Crippen molar-refractivity contribution in [3.63, 3.8) is 0 Å². The summed E-state index contributed by atoms with van der Waals surface area (Å²) in [6.07, 6.45) is 11.7. The fourth-order valence-corrected chi connectivity index (χ4v) is 6.31. The van der Waals surface area contributed by atoms with Gasteiger partial charge in [0.05, 0.1) is 0 Å². The first-order chi connectivity index (χ1) is 6.70. The van der Waals surface area contributed by atoms with Crippen molar-refractivity contribution in [2.75, 3.05) is 0 Å². The zero-order valence-corrected chi connectivity index (χ0v) is 12.7. The van der Waals surface area contributed by atoms with Gasteiger partial charge in [0.15, 0.2) is 0 Å². The molecule has 0 aliphatic heterocycles. The minimum absolute atomic E-state index is 0. The van der Waals surface area contributed by atoms with Crippen LogP contribution in [0.25, 0.3) is 0 Å². The van der Waals surface area contributed by atoms with Crippen LogP contribution in [-0.4, -0.2) is 0 Å². The van der Waals surface area contributed by atoms with Gasteiger partial charge in [-0.25, -0.2) is 0 Å². The zero-order valence-electron chi connectivity index (χ0n) is 9.60. The monoisotopic (exact) mass is 300 g/mol. The topological polar surface area (TPSA) is 0 Å². The summed E-state index contributed by atoms with van der Waals surface area (Å²) in [5.41, 5.74) is 3.10. The standard InChI is InChI=1S/2C6H7.CH3.BrH.Ti/c2*1-6-4-2-3-5-6;;;/h2*2,4H,3H2,1H3;1H3;1H;/q;;;;+1/p-1. The molecule has 0 aromatic carbocycles. The van der Waals surface area contributed by atoms with E-state index in [1.54, 1.807) is 18.9 Å². The van der Waals surface area contributed by atoms with E-state index in [0.717, 1.165) is 0 Å². The van der Waals surface area contributed by atoms with E-state index in [4.69, 9.17) is 0 Å². The first-order valence-electron chi connectivity index (χ1n) is 5.27. The molecule has 0 spiro atoms. The molecule has 2 heteroatoms. The Bertz CT molecular complexity index is 336. The van der Waals surface area contributed by atoms with Gasteiger partial charge in [-0.2, -0.15) is 0 Å². The van der Waals surface area contributed by atoms with E-state index in [0.29, 0.717) is 0 Å². The van der Waals surface area contributed by atoms with Gasteiger partial charge in [-0.3, -0.25) is 0 Å². The fourth-order valence-electron chi connectivity index (χ4n) is 2.31. The second-order valence-electron chi connectivity index (χ2n) is 4.16. The third-order valence-corrected chi connectivity index (χ3v) is 7.93. The molecule has 15 heavy (non-hydrogen) atoms.